The smallest absolute Gasteiger partial charge is 0.138 e. The van der Waals surface area contributed by atoms with Crippen LogP contribution in [0, 0.1) is 5.92 Å². The Morgan fingerprint density at radius 2 is 2.00 bits per heavy atom. The van der Waals surface area contributed by atoms with Gasteiger partial charge in [-0.05, 0) is 56.2 Å². The number of rotatable bonds is 8. The summed E-state index contributed by atoms with van der Waals surface area (Å²) in [5, 5.41) is 4.94. The first-order chi connectivity index (χ1) is 9.60. The molecule has 1 aromatic rings. The van der Waals surface area contributed by atoms with Crippen molar-refractivity contribution in [2.75, 3.05) is 13.7 Å². The minimum absolute atomic E-state index is 0.634. The van der Waals surface area contributed by atoms with E-state index >= 15 is 0 Å². The summed E-state index contributed by atoms with van der Waals surface area (Å²) in [5.74, 6) is 1.33. The average molecular weight is 316 g/mol. The molecule has 1 aliphatic rings. The van der Waals surface area contributed by atoms with Gasteiger partial charge < -0.3 is 10.1 Å². The molecule has 0 radical (unpaired) electrons. The fourth-order valence-corrected chi connectivity index (χ4v) is 2.80. The van der Waals surface area contributed by atoms with Gasteiger partial charge in [0.2, 0.25) is 0 Å². The van der Waals surface area contributed by atoms with E-state index in [4.69, 9.17) is 27.9 Å². The predicted molar refractivity (Wildman–Crippen MR) is 86.1 cm³/mol. The van der Waals surface area contributed by atoms with Gasteiger partial charge >= 0.3 is 0 Å². The van der Waals surface area contributed by atoms with E-state index in [0.717, 1.165) is 36.0 Å². The van der Waals surface area contributed by atoms with E-state index in [2.05, 4.69) is 12.2 Å². The van der Waals surface area contributed by atoms with Crippen LogP contribution in [0.3, 0.4) is 0 Å². The number of halogens is 2. The molecule has 2 nitrogen and oxygen atoms in total. The zero-order valence-electron chi connectivity index (χ0n) is 12.2. The van der Waals surface area contributed by atoms with Crippen LogP contribution in [0.5, 0.6) is 5.75 Å². The molecular weight excluding hydrogens is 293 g/mol. The summed E-state index contributed by atoms with van der Waals surface area (Å²) < 4.78 is 5.16. The van der Waals surface area contributed by atoms with Gasteiger partial charge in [0, 0.05) is 17.1 Å². The van der Waals surface area contributed by atoms with Crippen LogP contribution < -0.4 is 10.1 Å². The van der Waals surface area contributed by atoms with Crippen LogP contribution in [-0.2, 0) is 6.42 Å². The van der Waals surface area contributed by atoms with Gasteiger partial charge in [0.15, 0.2) is 0 Å². The second-order valence-corrected chi connectivity index (χ2v) is 6.55. The lowest BCUT2D eigenvalue weighted by molar-refractivity contribution is 0.414. The van der Waals surface area contributed by atoms with E-state index in [0.29, 0.717) is 16.7 Å². The number of aryl methyl sites for hydroxylation is 1. The molecule has 1 N–H and O–H groups in total. The zero-order valence-corrected chi connectivity index (χ0v) is 13.7. The van der Waals surface area contributed by atoms with Crippen molar-refractivity contribution in [3.05, 3.63) is 27.7 Å². The molecule has 0 heterocycles. The Balaban J connectivity index is 1.78. The Morgan fingerprint density at radius 1 is 1.25 bits per heavy atom. The lowest BCUT2D eigenvalue weighted by atomic mass is 9.98. The summed E-state index contributed by atoms with van der Waals surface area (Å²) in [6, 6.07) is 4.54. The van der Waals surface area contributed by atoms with Gasteiger partial charge in [-0.15, -0.1) is 0 Å². The lowest BCUT2D eigenvalue weighted by Crippen LogP contribution is -2.19. The molecule has 1 saturated carbocycles. The van der Waals surface area contributed by atoms with Crippen LogP contribution >= 0.6 is 23.2 Å². The van der Waals surface area contributed by atoms with Gasteiger partial charge in [-0.2, -0.15) is 0 Å². The Hall–Kier alpha value is -0.440. The maximum atomic E-state index is 6.27. The van der Waals surface area contributed by atoms with Crippen molar-refractivity contribution in [2.24, 2.45) is 5.92 Å². The van der Waals surface area contributed by atoms with Crippen molar-refractivity contribution in [2.45, 2.75) is 45.1 Å². The highest BCUT2D eigenvalue weighted by Gasteiger charge is 2.20. The minimum Gasteiger partial charge on any atom is -0.495 e. The number of benzene rings is 1. The van der Waals surface area contributed by atoms with Gasteiger partial charge in [-0.3, -0.25) is 0 Å². The fraction of sp³-hybridized carbons (Fsp3) is 0.625. The first-order valence-corrected chi connectivity index (χ1v) is 8.11. The molecule has 0 amide bonds. The minimum atomic E-state index is 0.634. The molecule has 112 valence electrons. The standard InChI is InChI=1S/C16H23Cl2NO/c1-11(7-8-19-13-5-6-13)3-4-12-9-15(18)16(20-2)10-14(12)17/h9-11,13,19H,3-8H2,1-2H3. The van der Waals surface area contributed by atoms with E-state index in [1.165, 1.54) is 19.3 Å². The summed E-state index contributed by atoms with van der Waals surface area (Å²) in [5.41, 5.74) is 1.11. The van der Waals surface area contributed by atoms with Crippen LogP contribution in [0.25, 0.3) is 0 Å². The molecule has 0 aliphatic heterocycles. The van der Waals surface area contributed by atoms with E-state index in [1.807, 2.05) is 6.07 Å². The number of methoxy groups -OCH3 is 1. The Kier molecular flexibility index (Phi) is 6.01. The van der Waals surface area contributed by atoms with Gasteiger partial charge in [0.1, 0.15) is 5.75 Å². The molecule has 0 aromatic heterocycles. The molecule has 1 unspecified atom stereocenters. The third-order valence-corrected chi connectivity index (χ3v) is 4.52. The second kappa shape index (κ2) is 7.53. The van der Waals surface area contributed by atoms with Crippen molar-refractivity contribution in [1.82, 2.24) is 5.32 Å². The highest BCUT2D eigenvalue weighted by Crippen LogP contribution is 2.32. The Labute approximate surface area is 131 Å². The largest absolute Gasteiger partial charge is 0.495 e. The van der Waals surface area contributed by atoms with Crippen molar-refractivity contribution in [3.63, 3.8) is 0 Å². The second-order valence-electron chi connectivity index (χ2n) is 5.74. The highest BCUT2D eigenvalue weighted by atomic mass is 35.5. The van der Waals surface area contributed by atoms with Crippen LogP contribution in [0.1, 0.15) is 38.2 Å². The monoisotopic (exact) mass is 315 g/mol. The topological polar surface area (TPSA) is 21.3 Å². The van der Waals surface area contributed by atoms with Crippen LogP contribution in [-0.4, -0.2) is 19.7 Å². The quantitative estimate of drug-likeness (QED) is 0.750. The Morgan fingerprint density at radius 3 is 2.65 bits per heavy atom. The summed E-state index contributed by atoms with van der Waals surface area (Å²) >= 11 is 12.4. The number of hydrogen-bond acceptors (Lipinski definition) is 2. The van der Waals surface area contributed by atoms with Crippen LogP contribution in [0.4, 0.5) is 0 Å². The highest BCUT2D eigenvalue weighted by molar-refractivity contribution is 6.34. The molecule has 1 atom stereocenters. The first kappa shape index (κ1) is 15.9. The molecule has 2 rings (SSSR count). The van der Waals surface area contributed by atoms with Crippen molar-refractivity contribution in [1.29, 1.82) is 0 Å². The molecular formula is C16H23Cl2NO. The van der Waals surface area contributed by atoms with Crippen molar-refractivity contribution >= 4 is 23.2 Å². The summed E-state index contributed by atoms with van der Waals surface area (Å²) in [7, 11) is 1.60. The van der Waals surface area contributed by atoms with E-state index in [9.17, 15) is 0 Å². The number of ether oxygens (including phenoxy) is 1. The molecule has 1 fully saturated rings. The van der Waals surface area contributed by atoms with E-state index in [-0.39, 0.29) is 0 Å². The number of nitrogens with one attached hydrogen (secondary N) is 1. The Bertz CT molecular complexity index is 446. The lowest BCUT2D eigenvalue weighted by Gasteiger charge is -2.13. The maximum absolute atomic E-state index is 6.27. The van der Waals surface area contributed by atoms with E-state index < -0.39 is 0 Å². The van der Waals surface area contributed by atoms with Crippen LogP contribution in [0.2, 0.25) is 10.0 Å². The summed E-state index contributed by atoms with van der Waals surface area (Å²) in [6.45, 7) is 3.43. The molecule has 0 saturated heterocycles. The van der Waals surface area contributed by atoms with E-state index in [1.54, 1.807) is 13.2 Å². The number of hydrogen-bond donors (Lipinski definition) is 1. The third-order valence-electron chi connectivity index (χ3n) is 3.87. The van der Waals surface area contributed by atoms with Crippen molar-refractivity contribution < 1.29 is 4.74 Å². The zero-order chi connectivity index (χ0) is 14.5. The maximum Gasteiger partial charge on any atom is 0.138 e. The SMILES string of the molecule is COc1cc(Cl)c(CCC(C)CCNC2CC2)cc1Cl. The molecule has 1 aliphatic carbocycles. The van der Waals surface area contributed by atoms with Gasteiger partial charge in [0.25, 0.3) is 0 Å². The third kappa shape index (κ3) is 4.83. The molecule has 1 aromatic carbocycles. The molecule has 4 heteroatoms. The van der Waals surface area contributed by atoms with Crippen LogP contribution in [0.15, 0.2) is 12.1 Å². The predicted octanol–water partition coefficient (Wildman–Crippen LogP) is 4.71. The molecule has 0 spiro atoms. The average Bonchev–Trinajstić information content (AvgIpc) is 3.23. The van der Waals surface area contributed by atoms with Gasteiger partial charge in [0.05, 0.1) is 12.1 Å². The van der Waals surface area contributed by atoms with Gasteiger partial charge in [-0.25, -0.2) is 0 Å². The summed E-state index contributed by atoms with van der Waals surface area (Å²) in [4.78, 5) is 0. The normalized spacial score (nSPS) is 16.2. The fourth-order valence-electron chi connectivity index (χ4n) is 2.29. The van der Waals surface area contributed by atoms with Gasteiger partial charge in [-0.1, -0.05) is 30.1 Å². The molecule has 0 bridgehead atoms. The first-order valence-electron chi connectivity index (χ1n) is 7.35. The molecule has 20 heavy (non-hydrogen) atoms. The summed E-state index contributed by atoms with van der Waals surface area (Å²) in [6.07, 6.45) is 6.03. The van der Waals surface area contributed by atoms with Crippen molar-refractivity contribution in [3.8, 4) is 5.75 Å².